The summed E-state index contributed by atoms with van der Waals surface area (Å²) in [4.78, 5) is 4.72. The van der Waals surface area contributed by atoms with Gasteiger partial charge < -0.3 is 15.4 Å². The molecule has 7 heteroatoms. The van der Waals surface area contributed by atoms with E-state index in [1.165, 1.54) is 5.69 Å². The number of benzene rings is 1. The predicted molar refractivity (Wildman–Crippen MR) is 131 cm³/mol. The number of guanidine groups is 1. The van der Waals surface area contributed by atoms with Crippen molar-refractivity contribution in [3.05, 3.63) is 59.9 Å². The lowest BCUT2D eigenvalue weighted by Gasteiger charge is -2.17. The Hall–Kier alpha value is -2.03. The molecule has 29 heavy (non-hydrogen) atoms. The number of aryl methyl sites for hydroxylation is 2. The third-order valence-electron chi connectivity index (χ3n) is 4.29. The maximum Gasteiger partial charge on any atom is 0.191 e. The van der Waals surface area contributed by atoms with E-state index in [4.69, 9.17) is 9.73 Å². The van der Waals surface area contributed by atoms with E-state index in [0.29, 0.717) is 19.1 Å². The van der Waals surface area contributed by atoms with Gasteiger partial charge in [0.05, 0.1) is 12.2 Å². The molecule has 0 amide bonds. The van der Waals surface area contributed by atoms with Crippen molar-refractivity contribution in [3.8, 4) is 5.75 Å². The van der Waals surface area contributed by atoms with Crippen LogP contribution in [0.2, 0.25) is 0 Å². The predicted octanol–water partition coefficient (Wildman–Crippen LogP) is 4.07. The van der Waals surface area contributed by atoms with E-state index in [1.54, 1.807) is 6.08 Å². The fourth-order valence-corrected chi connectivity index (χ4v) is 2.92. The summed E-state index contributed by atoms with van der Waals surface area (Å²) in [6.45, 7) is 15.7. The molecular formula is C22H34IN5O. The van der Waals surface area contributed by atoms with E-state index in [1.807, 2.05) is 31.2 Å². The summed E-state index contributed by atoms with van der Waals surface area (Å²) in [7, 11) is 0. The van der Waals surface area contributed by atoms with Crippen molar-refractivity contribution < 1.29 is 4.74 Å². The van der Waals surface area contributed by atoms with Crippen LogP contribution in [0.3, 0.4) is 0 Å². The molecule has 0 saturated heterocycles. The molecule has 0 aliphatic heterocycles. The quantitative estimate of drug-likeness (QED) is 0.219. The molecule has 0 aliphatic carbocycles. The largest absolute Gasteiger partial charge is 0.489 e. The van der Waals surface area contributed by atoms with E-state index in [9.17, 15) is 0 Å². The van der Waals surface area contributed by atoms with E-state index in [2.05, 4.69) is 53.8 Å². The van der Waals surface area contributed by atoms with Gasteiger partial charge in [0.2, 0.25) is 0 Å². The molecule has 0 aliphatic rings. The molecule has 1 aromatic carbocycles. The van der Waals surface area contributed by atoms with E-state index in [0.717, 1.165) is 42.6 Å². The second kappa shape index (κ2) is 13.2. The number of hydrogen-bond acceptors (Lipinski definition) is 3. The van der Waals surface area contributed by atoms with E-state index in [-0.39, 0.29) is 24.0 Å². The third kappa shape index (κ3) is 8.47. The minimum atomic E-state index is 0. The first-order valence-electron chi connectivity index (χ1n) is 9.88. The van der Waals surface area contributed by atoms with Crippen LogP contribution in [-0.2, 0) is 13.1 Å². The molecule has 1 unspecified atom stereocenters. The standard InChI is InChI=1S/C22H33N5O.HI/c1-6-12-28-21-11-9-8-10-20(21)15-25-22(23-7-2)24-14-17(3)16-27-19(5)13-18(4)26-27;/h6,8-11,13,17H,1,7,12,14-16H2,2-5H3,(H2,23,24,25);1H. The number of nitrogens with one attached hydrogen (secondary N) is 2. The SMILES string of the molecule is C=CCOc1ccccc1CN=C(NCC)NCC(C)Cn1nc(C)cc1C.I. The molecule has 2 rings (SSSR count). The average Bonchev–Trinajstić information content (AvgIpc) is 2.99. The van der Waals surface area contributed by atoms with Gasteiger partial charge in [0.15, 0.2) is 5.96 Å². The first kappa shape index (κ1) is 25.0. The van der Waals surface area contributed by atoms with Crippen molar-refractivity contribution in [2.24, 2.45) is 10.9 Å². The Balaban J connectivity index is 0.00000420. The molecule has 0 fully saturated rings. The number of ether oxygens (including phenoxy) is 1. The topological polar surface area (TPSA) is 63.5 Å². The smallest absolute Gasteiger partial charge is 0.191 e. The van der Waals surface area contributed by atoms with Crippen LogP contribution in [0, 0.1) is 19.8 Å². The first-order valence-corrected chi connectivity index (χ1v) is 9.88. The zero-order valence-corrected chi connectivity index (χ0v) is 20.3. The maximum atomic E-state index is 5.72. The molecule has 0 radical (unpaired) electrons. The minimum absolute atomic E-state index is 0. The van der Waals surface area contributed by atoms with Crippen LogP contribution in [-0.4, -0.2) is 35.4 Å². The fraction of sp³-hybridized carbons (Fsp3) is 0.455. The lowest BCUT2D eigenvalue weighted by atomic mass is 10.2. The summed E-state index contributed by atoms with van der Waals surface area (Å²) in [5, 5.41) is 11.3. The number of aromatic nitrogens is 2. The lowest BCUT2D eigenvalue weighted by Crippen LogP contribution is -2.40. The summed E-state index contributed by atoms with van der Waals surface area (Å²) < 4.78 is 7.79. The molecular weight excluding hydrogens is 477 g/mol. The highest BCUT2D eigenvalue weighted by Crippen LogP contribution is 2.18. The normalized spacial score (nSPS) is 12.1. The highest BCUT2D eigenvalue weighted by molar-refractivity contribution is 14.0. The number of halogens is 1. The molecule has 160 valence electrons. The monoisotopic (exact) mass is 511 g/mol. The number of aliphatic imine (C=N–C) groups is 1. The first-order chi connectivity index (χ1) is 13.5. The van der Waals surface area contributed by atoms with Crippen LogP contribution in [0.1, 0.15) is 30.8 Å². The molecule has 1 heterocycles. The summed E-state index contributed by atoms with van der Waals surface area (Å²) in [6, 6.07) is 10.1. The number of hydrogen-bond donors (Lipinski definition) is 2. The Kier molecular flexibility index (Phi) is 11.4. The number of para-hydroxylation sites is 1. The summed E-state index contributed by atoms with van der Waals surface area (Å²) in [5.41, 5.74) is 3.31. The van der Waals surface area contributed by atoms with Crippen LogP contribution >= 0.6 is 24.0 Å². The molecule has 6 nitrogen and oxygen atoms in total. The van der Waals surface area contributed by atoms with Crippen LogP contribution < -0.4 is 15.4 Å². The molecule has 1 atom stereocenters. The highest BCUT2D eigenvalue weighted by Gasteiger charge is 2.09. The molecule has 1 aromatic heterocycles. The summed E-state index contributed by atoms with van der Waals surface area (Å²) in [5.74, 6) is 2.08. The Morgan fingerprint density at radius 1 is 1.31 bits per heavy atom. The van der Waals surface area contributed by atoms with Gasteiger partial charge in [-0.1, -0.05) is 37.8 Å². The minimum Gasteiger partial charge on any atom is -0.489 e. The van der Waals surface area contributed by atoms with Gasteiger partial charge in [-0.2, -0.15) is 5.10 Å². The van der Waals surface area contributed by atoms with Crippen LogP contribution in [0.5, 0.6) is 5.75 Å². The van der Waals surface area contributed by atoms with Crippen LogP contribution in [0.4, 0.5) is 0 Å². The Morgan fingerprint density at radius 3 is 2.72 bits per heavy atom. The molecule has 2 N–H and O–H groups in total. The second-order valence-corrected chi connectivity index (χ2v) is 7.00. The van der Waals surface area contributed by atoms with Crippen molar-refractivity contribution in [1.29, 1.82) is 0 Å². The van der Waals surface area contributed by atoms with Crippen molar-refractivity contribution in [2.75, 3.05) is 19.7 Å². The Bertz CT molecular complexity index is 787. The fourth-order valence-electron chi connectivity index (χ4n) is 2.92. The van der Waals surface area contributed by atoms with Gasteiger partial charge in [-0.3, -0.25) is 4.68 Å². The van der Waals surface area contributed by atoms with Crippen molar-refractivity contribution in [2.45, 2.75) is 40.8 Å². The zero-order chi connectivity index (χ0) is 20.4. The van der Waals surface area contributed by atoms with Crippen molar-refractivity contribution in [3.63, 3.8) is 0 Å². The Morgan fingerprint density at radius 2 is 2.07 bits per heavy atom. The Labute approximate surface area is 191 Å². The van der Waals surface area contributed by atoms with E-state index >= 15 is 0 Å². The van der Waals surface area contributed by atoms with Gasteiger partial charge in [-0.25, -0.2) is 4.99 Å². The van der Waals surface area contributed by atoms with Gasteiger partial charge in [-0.15, -0.1) is 24.0 Å². The zero-order valence-electron chi connectivity index (χ0n) is 17.9. The lowest BCUT2D eigenvalue weighted by molar-refractivity contribution is 0.359. The summed E-state index contributed by atoms with van der Waals surface area (Å²) >= 11 is 0. The number of nitrogens with zero attached hydrogens (tertiary/aromatic N) is 3. The summed E-state index contributed by atoms with van der Waals surface area (Å²) in [6.07, 6.45) is 1.75. The van der Waals surface area contributed by atoms with Crippen molar-refractivity contribution >= 4 is 29.9 Å². The molecule has 0 saturated carbocycles. The van der Waals surface area contributed by atoms with Crippen molar-refractivity contribution in [1.82, 2.24) is 20.4 Å². The van der Waals surface area contributed by atoms with Crippen LogP contribution in [0.15, 0.2) is 48.0 Å². The van der Waals surface area contributed by atoms with Gasteiger partial charge in [-0.05, 0) is 38.8 Å². The molecule has 0 spiro atoms. The van der Waals surface area contributed by atoms with Gasteiger partial charge in [0.25, 0.3) is 0 Å². The molecule has 0 bridgehead atoms. The van der Waals surface area contributed by atoms with Crippen LogP contribution in [0.25, 0.3) is 0 Å². The molecule has 2 aromatic rings. The maximum absolute atomic E-state index is 5.72. The second-order valence-electron chi connectivity index (χ2n) is 7.00. The highest BCUT2D eigenvalue weighted by atomic mass is 127. The number of rotatable bonds is 10. The van der Waals surface area contributed by atoms with E-state index < -0.39 is 0 Å². The van der Waals surface area contributed by atoms with Gasteiger partial charge >= 0.3 is 0 Å². The third-order valence-corrected chi connectivity index (χ3v) is 4.29. The van der Waals surface area contributed by atoms with Gasteiger partial charge in [0.1, 0.15) is 12.4 Å². The average molecular weight is 511 g/mol. The van der Waals surface area contributed by atoms with Gasteiger partial charge in [0, 0.05) is 30.9 Å².